The van der Waals surface area contributed by atoms with Crippen molar-refractivity contribution in [1.82, 2.24) is 15.0 Å². The normalized spacial score (nSPS) is 15.8. The molecular weight excluding hydrogens is 292 g/mol. The second kappa shape index (κ2) is 5.82. The van der Waals surface area contributed by atoms with Crippen molar-refractivity contribution in [2.45, 2.75) is 33.3 Å². The molecule has 122 valence electrons. The molecule has 0 bridgehead atoms. The summed E-state index contributed by atoms with van der Waals surface area (Å²) < 4.78 is 10.1. The number of nitrogens with one attached hydrogen (secondary N) is 1. The van der Waals surface area contributed by atoms with Crippen LogP contribution in [0.5, 0.6) is 0 Å². The lowest BCUT2D eigenvalue weighted by atomic mass is 10.2. The van der Waals surface area contributed by atoms with E-state index in [2.05, 4.69) is 9.79 Å². The number of hydrogen-bond donors (Lipinski definition) is 1. The molecule has 1 fully saturated rings. The quantitative estimate of drug-likeness (QED) is 0.814. The average Bonchev–Trinajstić information content (AvgIpc) is 2.76. The number of nitrogens with zero attached hydrogens (tertiary/aromatic N) is 3. The van der Waals surface area contributed by atoms with Crippen molar-refractivity contribution in [2.24, 2.45) is 0 Å². The summed E-state index contributed by atoms with van der Waals surface area (Å²) in [5.41, 5.74) is -0.241. The van der Waals surface area contributed by atoms with Gasteiger partial charge >= 0.3 is 12.0 Å². The fourth-order valence-electron chi connectivity index (χ4n) is 2.10. The lowest BCUT2D eigenvalue weighted by Crippen LogP contribution is -2.51. The second-order valence-corrected chi connectivity index (χ2v) is 6.17. The zero-order valence-corrected chi connectivity index (χ0v) is 13.2. The highest BCUT2D eigenvalue weighted by atomic mass is 16.7. The van der Waals surface area contributed by atoms with Crippen molar-refractivity contribution in [2.75, 3.05) is 26.2 Å². The third-order valence-corrected chi connectivity index (χ3v) is 3.30. The Hall–Kier alpha value is -2.32. The van der Waals surface area contributed by atoms with Crippen LogP contribution in [-0.2, 0) is 4.74 Å². The fraction of sp³-hybridized carbons (Fsp3) is 0.692. The van der Waals surface area contributed by atoms with Crippen LogP contribution in [0.1, 0.15) is 37.0 Å². The number of ether oxygens (including phenoxy) is 1. The molecule has 0 radical (unpaired) electrons. The Labute approximate surface area is 127 Å². The lowest BCUT2D eigenvalue weighted by molar-refractivity contribution is -0.718. The molecule has 0 atom stereocenters. The molecule has 0 spiro atoms. The molecule has 0 aliphatic carbocycles. The van der Waals surface area contributed by atoms with Crippen LogP contribution in [0, 0.1) is 11.8 Å². The van der Waals surface area contributed by atoms with Crippen molar-refractivity contribution in [3.8, 4) is 0 Å². The van der Waals surface area contributed by atoms with Gasteiger partial charge in [-0.05, 0) is 25.7 Å². The summed E-state index contributed by atoms with van der Waals surface area (Å²) in [6.07, 6.45) is -0.386. The summed E-state index contributed by atoms with van der Waals surface area (Å²) in [7, 11) is 0. The predicted octanol–water partition coefficient (Wildman–Crippen LogP) is 0.524. The first-order valence-electron chi connectivity index (χ1n) is 7.07. The third-order valence-electron chi connectivity index (χ3n) is 3.30. The van der Waals surface area contributed by atoms with Crippen LogP contribution >= 0.6 is 0 Å². The fourth-order valence-corrected chi connectivity index (χ4v) is 2.10. The van der Waals surface area contributed by atoms with E-state index in [0.717, 1.165) is 0 Å². The van der Waals surface area contributed by atoms with Crippen molar-refractivity contribution >= 4 is 12.0 Å². The van der Waals surface area contributed by atoms with Crippen LogP contribution in [0.4, 0.5) is 4.79 Å². The molecule has 1 saturated heterocycles. The van der Waals surface area contributed by atoms with E-state index in [9.17, 15) is 14.5 Å². The van der Waals surface area contributed by atoms with Gasteiger partial charge in [-0.3, -0.25) is 4.79 Å². The first-order valence-corrected chi connectivity index (χ1v) is 7.07. The monoisotopic (exact) mass is 313 g/mol. The van der Waals surface area contributed by atoms with Gasteiger partial charge in [-0.2, -0.15) is 0 Å². The van der Waals surface area contributed by atoms with E-state index < -0.39 is 5.60 Å². The molecule has 1 N–H and O–H groups in total. The summed E-state index contributed by atoms with van der Waals surface area (Å²) in [5.74, 6) is -0.320. The molecule has 9 nitrogen and oxygen atoms in total. The van der Waals surface area contributed by atoms with E-state index in [-0.39, 0.29) is 28.0 Å². The van der Waals surface area contributed by atoms with Crippen molar-refractivity contribution in [1.29, 1.82) is 0 Å². The lowest BCUT2D eigenvalue weighted by Gasteiger charge is -2.35. The van der Waals surface area contributed by atoms with Crippen molar-refractivity contribution < 1.29 is 23.6 Å². The van der Waals surface area contributed by atoms with Gasteiger partial charge < -0.3 is 14.5 Å². The largest absolute Gasteiger partial charge is 0.444 e. The number of rotatable bonds is 1. The molecule has 2 amide bonds. The maximum Gasteiger partial charge on any atom is 0.410 e. The molecule has 9 heteroatoms. The van der Waals surface area contributed by atoms with Gasteiger partial charge in [0, 0.05) is 33.1 Å². The van der Waals surface area contributed by atoms with E-state index in [1.807, 2.05) is 0 Å². The van der Waals surface area contributed by atoms with Crippen LogP contribution in [0.25, 0.3) is 0 Å². The maximum absolute atomic E-state index is 12.3. The van der Waals surface area contributed by atoms with E-state index >= 15 is 0 Å². The molecule has 0 unspecified atom stereocenters. The highest BCUT2D eigenvalue weighted by molar-refractivity contribution is 5.92. The van der Waals surface area contributed by atoms with Gasteiger partial charge in [0.15, 0.2) is 4.60 Å². The Morgan fingerprint density at radius 1 is 1.18 bits per heavy atom. The minimum absolute atomic E-state index is 0.126. The molecule has 1 aromatic heterocycles. The van der Waals surface area contributed by atoms with E-state index in [0.29, 0.717) is 26.2 Å². The molecular formula is C13H21N4O5+. The van der Waals surface area contributed by atoms with E-state index in [1.54, 1.807) is 30.6 Å². The van der Waals surface area contributed by atoms with Crippen molar-refractivity contribution in [3.63, 3.8) is 0 Å². The zero-order chi connectivity index (χ0) is 16.5. The number of aromatic amines is 1. The van der Waals surface area contributed by atoms with Gasteiger partial charge in [-0.1, -0.05) is 9.79 Å². The molecule has 0 aromatic carbocycles. The predicted molar refractivity (Wildman–Crippen MR) is 74.9 cm³/mol. The first-order chi connectivity index (χ1) is 10.2. The maximum atomic E-state index is 12.3. The topological polar surface area (TPSA) is 102 Å². The zero-order valence-electron chi connectivity index (χ0n) is 13.2. The Balaban J connectivity index is 1.95. The van der Waals surface area contributed by atoms with Crippen LogP contribution in [0.3, 0.4) is 0 Å². The van der Waals surface area contributed by atoms with Crippen LogP contribution in [-0.4, -0.2) is 58.7 Å². The van der Waals surface area contributed by atoms with E-state index in [4.69, 9.17) is 4.74 Å². The number of carbonyl (C=O) groups is 2. The standard InChI is InChI=1S/C13H21N4O5/c1-9-10(14-22-17(9)20)11(18)15-5-7-16(8-6-15)12(19)21-13(2,3)4/h14H,5-8H2,1-4H3/q+1. The SMILES string of the molecule is Cc1c(C(=O)N2CCN(C(=O)OC(C)(C)C)CC2)[nH]o[n+]1=O. The summed E-state index contributed by atoms with van der Waals surface area (Å²) in [6, 6.07) is 0. The van der Waals surface area contributed by atoms with Gasteiger partial charge in [0.2, 0.25) is 0 Å². The highest BCUT2D eigenvalue weighted by Gasteiger charge is 2.32. The molecule has 0 saturated carbocycles. The Bertz CT molecular complexity index is 619. The summed E-state index contributed by atoms with van der Waals surface area (Å²) >= 11 is 0. The van der Waals surface area contributed by atoms with Gasteiger partial charge in [0.05, 0.1) is 0 Å². The minimum Gasteiger partial charge on any atom is -0.444 e. The smallest absolute Gasteiger partial charge is 0.410 e. The number of H-pyrrole nitrogens is 1. The van der Waals surface area contributed by atoms with Crippen molar-refractivity contribution in [3.05, 3.63) is 16.3 Å². The average molecular weight is 313 g/mol. The van der Waals surface area contributed by atoms with Crippen LogP contribution in [0.2, 0.25) is 0 Å². The summed E-state index contributed by atoms with van der Waals surface area (Å²) in [5, 5.41) is 2.31. The number of aromatic nitrogens is 2. The molecule has 2 rings (SSSR count). The summed E-state index contributed by atoms with van der Waals surface area (Å²) in [4.78, 5) is 38.5. The third kappa shape index (κ3) is 3.46. The molecule has 22 heavy (non-hydrogen) atoms. The number of carbonyl (C=O) groups excluding carboxylic acids is 2. The second-order valence-electron chi connectivity index (χ2n) is 6.17. The van der Waals surface area contributed by atoms with Crippen LogP contribution < -0.4 is 4.60 Å². The Kier molecular flexibility index (Phi) is 4.25. The van der Waals surface area contributed by atoms with Gasteiger partial charge in [-0.25, -0.2) is 4.79 Å². The van der Waals surface area contributed by atoms with E-state index in [1.165, 1.54) is 6.92 Å². The number of hydrogen-bond acceptors (Lipinski definition) is 5. The molecule has 1 aliphatic heterocycles. The highest BCUT2D eigenvalue weighted by Crippen LogP contribution is 2.13. The molecule has 1 aromatic rings. The summed E-state index contributed by atoms with van der Waals surface area (Å²) in [6.45, 7) is 8.42. The first kappa shape index (κ1) is 16.1. The Morgan fingerprint density at radius 2 is 1.73 bits per heavy atom. The van der Waals surface area contributed by atoms with Gasteiger partial charge in [-0.15, -0.1) is 0 Å². The van der Waals surface area contributed by atoms with Gasteiger partial charge in [0.25, 0.3) is 11.4 Å². The van der Waals surface area contributed by atoms with Crippen LogP contribution in [0.15, 0.2) is 4.63 Å². The van der Waals surface area contributed by atoms with Gasteiger partial charge in [0.1, 0.15) is 5.60 Å². The number of amides is 2. The Morgan fingerprint density at radius 3 is 2.18 bits per heavy atom. The molecule has 2 heterocycles. The number of piperazine rings is 1. The molecule has 1 aliphatic rings. The minimum atomic E-state index is -0.547.